The van der Waals surface area contributed by atoms with Crippen LogP contribution in [0.5, 0.6) is 0 Å². The molecule has 9 heteroatoms. The molecule has 0 aromatic heterocycles. The van der Waals surface area contributed by atoms with E-state index in [1.54, 1.807) is 18.2 Å². The number of carbonyl (C=O) groups is 1. The summed E-state index contributed by atoms with van der Waals surface area (Å²) < 4.78 is 0. The van der Waals surface area contributed by atoms with E-state index in [-0.39, 0.29) is 32.1 Å². The molecule has 0 bridgehead atoms. The summed E-state index contributed by atoms with van der Waals surface area (Å²) in [6, 6.07) is 10.5. The topological polar surface area (TPSA) is 84.3 Å². The molecule has 0 aliphatic heterocycles. The third-order valence-electron chi connectivity index (χ3n) is 2.75. The molecule has 0 aliphatic carbocycles. The van der Waals surface area contributed by atoms with E-state index >= 15 is 0 Å². The van der Waals surface area contributed by atoms with E-state index in [0.29, 0.717) is 0 Å². The molecule has 0 saturated heterocycles. The van der Waals surface area contributed by atoms with Gasteiger partial charge in [0.15, 0.2) is 5.11 Å². The molecule has 23 heavy (non-hydrogen) atoms. The van der Waals surface area contributed by atoms with Gasteiger partial charge in [0.2, 0.25) is 0 Å². The molecular weight excluding hydrogens is 361 g/mol. The van der Waals surface area contributed by atoms with E-state index in [9.17, 15) is 14.9 Å². The number of nitrogens with zero attached hydrogens (tertiary/aromatic N) is 1. The number of hydrogen-bond acceptors (Lipinski definition) is 4. The van der Waals surface area contributed by atoms with Gasteiger partial charge in [-0.3, -0.25) is 20.2 Å². The molecule has 0 saturated carbocycles. The van der Waals surface area contributed by atoms with Crippen molar-refractivity contribution in [2.75, 3.05) is 5.32 Å². The average Bonchev–Trinajstić information content (AvgIpc) is 2.49. The number of nitro benzene ring substituents is 1. The maximum absolute atomic E-state index is 12.1. The second kappa shape index (κ2) is 7.36. The highest BCUT2D eigenvalue weighted by molar-refractivity contribution is 7.80. The predicted octanol–water partition coefficient (Wildman–Crippen LogP) is 4.03. The summed E-state index contributed by atoms with van der Waals surface area (Å²) >= 11 is 16.6. The van der Waals surface area contributed by atoms with Gasteiger partial charge in [0.05, 0.1) is 15.5 Å². The molecule has 1 amide bonds. The van der Waals surface area contributed by atoms with Gasteiger partial charge < -0.3 is 5.32 Å². The van der Waals surface area contributed by atoms with Crippen LogP contribution in [0.15, 0.2) is 42.5 Å². The van der Waals surface area contributed by atoms with Crippen LogP contribution in [0, 0.1) is 10.1 Å². The van der Waals surface area contributed by atoms with Crippen LogP contribution in [0.25, 0.3) is 0 Å². The second-order valence-corrected chi connectivity index (χ2v) is 5.56. The molecule has 0 aliphatic rings. The molecule has 0 fully saturated rings. The number of rotatable bonds is 3. The van der Waals surface area contributed by atoms with Crippen LogP contribution in [0.2, 0.25) is 10.0 Å². The van der Waals surface area contributed by atoms with Crippen molar-refractivity contribution < 1.29 is 9.72 Å². The molecule has 118 valence electrons. The Labute approximate surface area is 146 Å². The van der Waals surface area contributed by atoms with Gasteiger partial charge in [0.25, 0.3) is 11.6 Å². The third kappa shape index (κ3) is 4.38. The van der Waals surface area contributed by atoms with Crippen LogP contribution in [-0.4, -0.2) is 15.9 Å². The lowest BCUT2D eigenvalue weighted by Gasteiger charge is -2.10. The zero-order valence-corrected chi connectivity index (χ0v) is 13.7. The minimum Gasteiger partial charge on any atom is -0.327 e. The molecule has 2 rings (SSSR count). The molecule has 0 unspecified atom stereocenters. The SMILES string of the molecule is O=C(NC(=S)Nc1ccc(Cl)cc1[N+](=O)[O-])c1ccccc1Cl. The Hall–Kier alpha value is -2.22. The smallest absolute Gasteiger partial charge is 0.294 e. The number of benzene rings is 2. The fraction of sp³-hybridized carbons (Fsp3) is 0. The summed E-state index contributed by atoms with van der Waals surface area (Å²) in [7, 11) is 0. The Morgan fingerprint density at radius 3 is 2.52 bits per heavy atom. The third-order valence-corrected chi connectivity index (χ3v) is 3.52. The summed E-state index contributed by atoms with van der Waals surface area (Å²) in [6.07, 6.45) is 0. The largest absolute Gasteiger partial charge is 0.327 e. The zero-order chi connectivity index (χ0) is 17.0. The van der Waals surface area contributed by atoms with Crippen molar-refractivity contribution in [2.24, 2.45) is 0 Å². The summed E-state index contributed by atoms with van der Waals surface area (Å²) in [5, 5.41) is 16.4. The standard InChI is InChI=1S/C14H9Cl2N3O3S/c15-8-5-6-11(12(7-8)19(21)22)17-14(23)18-13(20)9-3-1-2-4-10(9)16/h1-7H,(H2,17,18,20,23). The van der Waals surface area contributed by atoms with Crippen molar-refractivity contribution in [3.63, 3.8) is 0 Å². The predicted molar refractivity (Wildman–Crippen MR) is 93.2 cm³/mol. The fourth-order valence-electron chi connectivity index (χ4n) is 1.73. The lowest BCUT2D eigenvalue weighted by Crippen LogP contribution is -2.34. The summed E-state index contributed by atoms with van der Waals surface area (Å²) in [4.78, 5) is 22.5. The number of thiocarbonyl (C=S) groups is 1. The minimum absolute atomic E-state index is 0.0969. The Bertz CT molecular complexity index is 799. The number of carbonyl (C=O) groups excluding carboxylic acids is 1. The Kier molecular flexibility index (Phi) is 5.49. The molecule has 0 radical (unpaired) electrons. The highest BCUT2D eigenvalue weighted by Crippen LogP contribution is 2.27. The van der Waals surface area contributed by atoms with Crippen LogP contribution in [0.1, 0.15) is 10.4 Å². The van der Waals surface area contributed by atoms with Gasteiger partial charge >= 0.3 is 0 Å². The van der Waals surface area contributed by atoms with Gasteiger partial charge in [0.1, 0.15) is 5.69 Å². The first-order chi connectivity index (χ1) is 10.9. The van der Waals surface area contributed by atoms with Crippen molar-refractivity contribution in [1.29, 1.82) is 0 Å². The first-order valence-corrected chi connectivity index (χ1v) is 7.35. The number of anilines is 1. The van der Waals surface area contributed by atoms with Crippen molar-refractivity contribution in [3.8, 4) is 0 Å². The molecule has 6 nitrogen and oxygen atoms in total. The normalized spacial score (nSPS) is 10.0. The number of hydrogen-bond donors (Lipinski definition) is 2. The Morgan fingerprint density at radius 1 is 1.17 bits per heavy atom. The molecule has 2 aromatic carbocycles. The lowest BCUT2D eigenvalue weighted by atomic mass is 10.2. The summed E-state index contributed by atoms with van der Waals surface area (Å²) in [6.45, 7) is 0. The number of nitrogens with one attached hydrogen (secondary N) is 2. The molecular formula is C14H9Cl2N3O3S. The van der Waals surface area contributed by atoms with Crippen molar-refractivity contribution in [3.05, 3.63) is 68.2 Å². The van der Waals surface area contributed by atoms with Crippen molar-refractivity contribution in [2.45, 2.75) is 0 Å². The van der Waals surface area contributed by atoms with Gasteiger partial charge in [-0.05, 0) is 36.5 Å². The molecule has 0 heterocycles. The first kappa shape index (κ1) is 17.1. The highest BCUT2D eigenvalue weighted by atomic mass is 35.5. The molecule has 2 N–H and O–H groups in total. The van der Waals surface area contributed by atoms with E-state index in [0.717, 1.165) is 0 Å². The zero-order valence-electron chi connectivity index (χ0n) is 11.4. The Balaban J connectivity index is 2.13. The van der Waals surface area contributed by atoms with Crippen molar-refractivity contribution >= 4 is 57.8 Å². The fourth-order valence-corrected chi connectivity index (χ4v) is 2.32. The lowest BCUT2D eigenvalue weighted by molar-refractivity contribution is -0.383. The molecule has 0 spiro atoms. The average molecular weight is 370 g/mol. The highest BCUT2D eigenvalue weighted by Gasteiger charge is 2.17. The maximum atomic E-state index is 12.1. The second-order valence-electron chi connectivity index (χ2n) is 4.31. The first-order valence-electron chi connectivity index (χ1n) is 6.19. The molecule has 2 aromatic rings. The van der Waals surface area contributed by atoms with Crippen LogP contribution >= 0.6 is 35.4 Å². The van der Waals surface area contributed by atoms with Crippen molar-refractivity contribution in [1.82, 2.24) is 5.32 Å². The van der Waals surface area contributed by atoms with Crippen LogP contribution in [-0.2, 0) is 0 Å². The van der Waals surface area contributed by atoms with Gasteiger partial charge in [-0.15, -0.1) is 0 Å². The number of nitro groups is 1. The van der Waals surface area contributed by atoms with E-state index in [1.165, 1.54) is 24.3 Å². The van der Waals surface area contributed by atoms with E-state index in [1.807, 2.05) is 0 Å². The van der Waals surface area contributed by atoms with Crippen LogP contribution < -0.4 is 10.6 Å². The summed E-state index contributed by atoms with van der Waals surface area (Å²) in [5.41, 5.74) is 0.0969. The minimum atomic E-state index is -0.604. The van der Waals surface area contributed by atoms with Crippen LogP contribution in [0.4, 0.5) is 11.4 Å². The molecule has 0 atom stereocenters. The Morgan fingerprint density at radius 2 is 1.87 bits per heavy atom. The van der Waals surface area contributed by atoms with E-state index < -0.39 is 10.8 Å². The quantitative estimate of drug-likeness (QED) is 0.484. The van der Waals surface area contributed by atoms with E-state index in [4.69, 9.17) is 35.4 Å². The number of halogens is 2. The van der Waals surface area contributed by atoms with Gasteiger partial charge in [-0.2, -0.15) is 0 Å². The van der Waals surface area contributed by atoms with Gasteiger partial charge in [-0.25, -0.2) is 0 Å². The maximum Gasteiger partial charge on any atom is 0.294 e. The van der Waals surface area contributed by atoms with Gasteiger partial charge in [0, 0.05) is 11.1 Å². The monoisotopic (exact) mass is 369 g/mol. The van der Waals surface area contributed by atoms with Gasteiger partial charge in [-0.1, -0.05) is 35.3 Å². The van der Waals surface area contributed by atoms with Crippen LogP contribution in [0.3, 0.4) is 0 Å². The summed E-state index contributed by atoms with van der Waals surface area (Å²) in [5.74, 6) is -0.523. The number of amides is 1. The van der Waals surface area contributed by atoms with E-state index in [2.05, 4.69) is 10.6 Å².